The number of carbonyl (C=O) groups excluding carboxylic acids is 2. The number of nitrogens with zero attached hydrogens (tertiary/aromatic N) is 4. The highest BCUT2D eigenvalue weighted by Gasteiger charge is 2.60. The topological polar surface area (TPSA) is 110 Å². The van der Waals surface area contributed by atoms with Crippen LogP contribution in [0.15, 0.2) is 6.20 Å². The van der Waals surface area contributed by atoms with Crippen LogP contribution in [0, 0.1) is 10.8 Å². The Balaban J connectivity index is 1.31. The largest absolute Gasteiger partial charge is 0.391 e. The van der Waals surface area contributed by atoms with Crippen LogP contribution in [-0.2, 0) is 14.3 Å². The minimum atomic E-state index is -0.723. The highest BCUT2D eigenvalue weighted by molar-refractivity contribution is 5.90. The third-order valence-corrected chi connectivity index (χ3v) is 8.59. The number of hydrogen-bond donors (Lipinski definition) is 2. The minimum Gasteiger partial charge on any atom is -0.391 e. The van der Waals surface area contributed by atoms with Gasteiger partial charge in [0.25, 0.3) is 0 Å². The van der Waals surface area contributed by atoms with Crippen molar-refractivity contribution in [3.05, 3.63) is 11.9 Å². The lowest BCUT2D eigenvalue weighted by Crippen LogP contribution is -2.69. The van der Waals surface area contributed by atoms with Crippen molar-refractivity contribution >= 4 is 11.8 Å². The molecule has 3 saturated carbocycles. The van der Waals surface area contributed by atoms with Gasteiger partial charge in [-0.2, -0.15) is 0 Å². The molecule has 2 N–H and O–H groups in total. The lowest BCUT2D eigenvalue weighted by Gasteiger charge is -2.62. The van der Waals surface area contributed by atoms with E-state index in [1.54, 1.807) is 9.58 Å². The average molecular weight is 502 g/mol. The van der Waals surface area contributed by atoms with Gasteiger partial charge in [0, 0.05) is 36.5 Å². The zero-order chi connectivity index (χ0) is 26.0. The van der Waals surface area contributed by atoms with Crippen LogP contribution >= 0.6 is 0 Å². The average Bonchev–Trinajstić information content (AvgIpc) is 3.31. The molecule has 4 unspecified atom stereocenters. The SMILES string of the molecule is CC(C)(C)OC1CC(NC(=O)C2CC(O)CN2C(=O)[C@H](n2cc(C3CC3)nn2)C(C)(C)C)C12CCC2. The van der Waals surface area contributed by atoms with Crippen LogP contribution in [0.2, 0.25) is 0 Å². The standard InChI is InChI=1S/C27H43N5O4/c1-25(2,3)22(32-15-18(29-30-32)16-8-9-16)24(35)31-14-17(33)12-19(31)23(34)28-20-13-21(36-26(4,5)6)27(20)10-7-11-27/h15-17,19-22,33H,7-14H2,1-6H3,(H,28,34)/t17?,19?,20?,21?,22-/m0/s1. The quantitative estimate of drug-likeness (QED) is 0.620. The second kappa shape index (κ2) is 8.79. The molecule has 0 radical (unpaired) electrons. The number of amides is 2. The lowest BCUT2D eigenvalue weighted by atomic mass is 9.51. The van der Waals surface area contributed by atoms with E-state index in [-0.39, 0.29) is 47.9 Å². The molecular formula is C27H43N5O4. The van der Waals surface area contributed by atoms with E-state index in [2.05, 4.69) is 36.4 Å². The zero-order valence-corrected chi connectivity index (χ0v) is 22.7. The van der Waals surface area contributed by atoms with Crippen LogP contribution < -0.4 is 5.32 Å². The summed E-state index contributed by atoms with van der Waals surface area (Å²) >= 11 is 0. The summed E-state index contributed by atoms with van der Waals surface area (Å²) in [5, 5.41) is 22.4. The molecule has 1 saturated heterocycles. The van der Waals surface area contributed by atoms with Gasteiger partial charge in [-0.3, -0.25) is 9.59 Å². The Morgan fingerprint density at radius 1 is 1.17 bits per heavy atom. The molecule has 5 atom stereocenters. The van der Waals surface area contributed by atoms with Crippen molar-refractivity contribution in [2.24, 2.45) is 10.8 Å². The van der Waals surface area contributed by atoms with Crippen molar-refractivity contribution in [3.8, 4) is 0 Å². The molecule has 1 aromatic heterocycles. The van der Waals surface area contributed by atoms with Gasteiger partial charge in [-0.05, 0) is 58.3 Å². The van der Waals surface area contributed by atoms with E-state index in [1.165, 1.54) is 0 Å². The molecular weight excluding hydrogens is 458 g/mol. The Kier molecular flexibility index (Phi) is 6.26. The molecule has 9 nitrogen and oxygen atoms in total. The number of nitrogens with one attached hydrogen (secondary N) is 1. The van der Waals surface area contributed by atoms with Crippen LogP contribution in [0.1, 0.15) is 104 Å². The van der Waals surface area contributed by atoms with Crippen molar-refractivity contribution < 1.29 is 19.4 Å². The Bertz CT molecular complexity index is 1000. The fourth-order valence-corrected chi connectivity index (χ4v) is 6.39. The number of aliphatic hydroxyl groups is 1. The highest BCUT2D eigenvalue weighted by atomic mass is 16.5. The van der Waals surface area contributed by atoms with Gasteiger partial charge >= 0.3 is 0 Å². The molecule has 4 fully saturated rings. The van der Waals surface area contributed by atoms with E-state index in [0.717, 1.165) is 44.2 Å². The molecule has 4 aliphatic rings. The maximum atomic E-state index is 13.9. The highest BCUT2D eigenvalue weighted by Crippen LogP contribution is 2.58. The van der Waals surface area contributed by atoms with Crippen molar-refractivity contribution in [3.63, 3.8) is 0 Å². The molecule has 9 heteroatoms. The van der Waals surface area contributed by atoms with E-state index >= 15 is 0 Å². The number of likely N-dealkylation sites (tertiary alicyclic amines) is 1. The van der Waals surface area contributed by atoms with Crippen LogP contribution in [0.3, 0.4) is 0 Å². The van der Waals surface area contributed by atoms with Crippen molar-refractivity contribution in [1.29, 1.82) is 0 Å². The molecule has 200 valence electrons. The molecule has 1 aliphatic heterocycles. The van der Waals surface area contributed by atoms with Gasteiger partial charge in [0.05, 0.1) is 23.5 Å². The zero-order valence-electron chi connectivity index (χ0n) is 22.7. The van der Waals surface area contributed by atoms with Gasteiger partial charge in [-0.25, -0.2) is 4.68 Å². The first-order valence-electron chi connectivity index (χ1n) is 13.7. The van der Waals surface area contributed by atoms with E-state index in [1.807, 2.05) is 27.0 Å². The lowest BCUT2D eigenvalue weighted by molar-refractivity contribution is -0.215. The predicted molar refractivity (Wildman–Crippen MR) is 134 cm³/mol. The number of carbonyl (C=O) groups is 2. The number of rotatable bonds is 6. The third-order valence-electron chi connectivity index (χ3n) is 8.59. The second-order valence-electron chi connectivity index (χ2n) is 13.7. The van der Waals surface area contributed by atoms with Crippen molar-refractivity contribution in [2.75, 3.05) is 6.54 Å². The fourth-order valence-electron chi connectivity index (χ4n) is 6.39. The number of β-amino-alcohol motifs (C(OH)–C–C–N with tert-alkyl or cyclic N) is 1. The summed E-state index contributed by atoms with van der Waals surface area (Å²) in [5.41, 5.74) is 0.268. The van der Waals surface area contributed by atoms with Gasteiger partial charge in [-0.15, -0.1) is 5.10 Å². The number of aromatic nitrogens is 3. The monoisotopic (exact) mass is 501 g/mol. The van der Waals surface area contributed by atoms with E-state index in [0.29, 0.717) is 5.92 Å². The van der Waals surface area contributed by atoms with Crippen molar-refractivity contribution in [1.82, 2.24) is 25.2 Å². The van der Waals surface area contributed by atoms with Crippen LogP contribution in [-0.4, -0.2) is 73.3 Å². The van der Waals surface area contributed by atoms with Gasteiger partial charge in [0.1, 0.15) is 12.1 Å². The third kappa shape index (κ3) is 4.69. The van der Waals surface area contributed by atoms with Gasteiger partial charge < -0.3 is 20.1 Å². The summed E-state index contributed by atoms with van der Waals surface area (Å²) in [5.74, 6) is 0.0802. The van der Waals surface area contributed by atoms with E-state index in [4.69, 9.17) is 4.74 Å². The molecule has 3 aliphatic carbocycles. The predicted octanol–water partition coefficient (Wildman–Crippen LogP) is 2.95. The smallest absolute Gasteiger partial charge is 0.248 e. The molecule has 2 heterocycles. The van der Waals surface area contributed by atoms with E-state index in [9.17, 15) is 14.7 Å². The molecule has 0 bridgehead atoms. The fraction of sp³-hybridized carbons (Fsp3) is 0.852. The number of aliphatic hydroxyl groups excluding tert-OH is 1. The van der Waals surface area contributed by atoms with Crippen LogP contribution in [0.4, 0.5) is 0 Å². The van der Waals surface area contributed by atoms with Crippen LogP contribution in [0.5, 0.6) is 0 Å². The normalized spacial score (nSPS) is 30.6. The summed E-state index contributed by atoms with van der Waals surface area (Å²) in [7, 11) is 0. The first-order chi connectivity index (χ1) is 16.8. The molecule has 2 amide bonds. The minimum absolute atomic E-state index is 0.00286. The summed E-state index contributed by atoms with van der Waals surface area (Å²) in [6.45, 7) is 12.4. The van der Waals surface area contributed by atoms with E-state index < -0.39 is 23.6 Å². The Morgan fingerprint density at radius 2 is 1.86 bits per heavy atom. The Hall–Kier alpha value is -2.00. The Labute approximate surface area is 214 Å². The van der Waals surface area contributed by atoms with Crippen molar-refractivity contribution in [2.45, 2.75) is 128 Å². The summed E-state index contributed by atoms with van der Waals surface area (Å²) in [6, 6.07) is -1.25. The molecule has 1 spiro atoms. The van der Waals surface area contributed by atoms with Gasteiger partial charge in [0.15, 0.2) is 0 Å². The van der Waals surface area contributed by atoms with Gasteiger partial charge in [-0.1, -0.05) is 32.4 Å². The maximum absolute atomic E-state index is 13.9. The first-order valence-corrected chi connectivity index (χ1v) is 13.7. The molecule has 36 heavy (non-hydrogen) atoms. The molecule has 1 aromatic rings. The maximum Gasteiger partial charge on any atom is 0.248 e. The molecule has 5 rings (SSSR count). The number of ether oxygens (including phenoxy) is 1. The number of hydrogen-bond acceptors (Lipinski definition) is 6. The first kappa shape index (κ1) is 25.6. The van der Waals surface area contributed by atoms with Gasteiger partial charge in [0.2, 0.25) is 11.8 Å². The Morgan fingerprint density at radius 3 is 2.42 bits per heavy atom. The van der Waals surface area contributed by atoms with Crippen LogP contribution in [0.25, 0.3) is 0 Å². The molecule has 0 aromatic carbocycles. The summed E-state index contributed by atoms with van der Waals surface area (Å²) < 4.78 is 7.98. The second-order valence-corrected chi connectivity index (χ2v) is 13.7. The summed E-state index contributed by atoms with van der Waals surface area (Å²) in [4.78, 5) is 29.1. The summed E-state index contributed by atoms with van der Waals surface area (Å²) in [6.07, 6.45) is 7.83.